The van der Waals surface area contributed by atoms with Crippen LogP contribution in [0, 0.1) is 25.2 Å². The molecule has 1 amide bonds. The van der Waals surface area contributed by atoms with Crippen molar-refractivity contribution in [3.63, 3.8) is 0 Å². The first kappa shape index (κ1) is 35.0. The van der Waals surface area contributed by atoms with E-state index in [1.165, 1.54) is 16.8 Å². The number of rotatable bonds is 7. The molecule has 13 heteroatoms. The number of nitrogens with zero attached hydrogens (tertiary/aromatic N) is 9. The average Bonchev–Trinajstić information content (AvgIpc) is 3.72. The maximum atomic E-state index is 13.1. The minimum atomic E-state index is -0.646. The van der Waals surface area contributed by atoms with Crippen molar-refractivity contribution >= 4 is 28.5 Å². The summed E-state index contributed by atoms with van der Waals surface area (Å²) in [5.41, 5.74) is 6.62. The molecule has 1 unspecified atom stereocenters. The van der Waals surface area contributed by atoms with E-state index in [0.29, 0.717) is 44.0 Å². The Hall–Kier alpha value is -4.41. The van der Waals surface area contributed by atoms with Crippen LogP contribution in [0.4, 0.5) is 16.3 Å². The van der Waals surface area contributed by atoms with Gasteiger partial charge in [0.2, 0.25) is 0 Å². The summed E-state index contributed by atoms with van der Waals surface area (Å²) >= 11 is 0. The third kappa shape index (κ3) is 7.21. The zero-order chi connectivity index (χ0) is 35.9. The number of carbonyl (C=O) groups is 1. The lowest BCUT2D eigenvalue weighted by Gasteiger charge is -2.37. The van der Waals surface area contributed by atoms with E-state index in [2.05, 4.69) is 52.4 Å². The Balaban J connectivity index is 1.24. The van der Waals surface area contributed by atoms with Crippen LogP contribution in [0.5, 0.6) is 6.01 Å². The molecule has 6 heterocycles. The summed E-state index contributed by atoms with van der Waals surface area (Å²) in [5.74, 6) is 0.766. The van der Waals surface area contributed by atoms with E-state index in [-0.39, 0.29) is 12.6 Å². The summed E-state index contributed by atoms with van der Waals surface area (Å²) in [6.07, 6.45) is 9.58. The lowest BCUT2D eigenvalue weighted by molar-refractivity contribution is -0.0366. The van der Waals surface area contributed by atoms with Crippen molar-refractivity contribution in [3.05, 3.63) is 46.5 Å². The van der Waals surface area contributed by atoms with E-state index in [0.717, 1.165) is 86.2 Å². The molecule has 272 valence electrons. The van der Waals surface area contributed by atoms with Gasteiger partial charge >= 0.3 is 12.1 Å². The summed E-state index contributed by atoms with van der Waals surface area (Å²) in [6.45, 7) is 14.4. The van der Waals surface area contributed by atoms with Gasteiger partial charge in [-0.25, -0.2) is 9.48 Å². The second-order valence-corrected chi connectivity index (χ2v) is 15.3. The topological polar surface area (TPSA) is 125 Å². The molecule has 3 aromatic rings. The molecule has 51 heavy (non-hydrogen) atoms. The SMILES string of the molecule is Cc1cc2c(cnn2C2CCCCO2)c(N2CCc3c(nc(OC[C@@H]4CCCN4C)nc3N3C=C(CC#N)N(C(=O)OC(C)(C)C)CC3)C2)c1C. The van der Waals surface area contributed by atoms with E-state index in [1.807, 2.05) is 33.2 Å². The van der Waals surface area contributed by atoms with Gasteiger partial charge in [-0.15, -0.1) is 0 Å². The fraction of sp³-hybridized carbons (Fsp3) is 0.605. The molecule has 0 saturated carbocycles. The molecule has 0 radical (unpaired) electrons. The largest absolute Gasteiger partial charge is 0.462 e. The van der Waals surface area contributed by atoms with E-state index in [4.69, 9.17) is 29.3 Å². The molecule has 0 bridgehead atoms. The standard InChI is InChI=1S/C38H51N9O4/c1-25-20-32-30(21-40-47(32)33-11-7-8-19-49-33)34(26(25)2)44-16-13-29-31(23-44)41-36(50-24-28-10-9-15-43(28)6)42-35(29)45-17-18-46(27(22-45)12-14-39)37(48)51-38(3,4)5/h20-22,28,33H,7-13,15-19,23-24H2,1-6H3/t28-,33?/m0/s1. The van der Waals surface area contributed by atoms with Crippen molar-refractivity contribution < 1.29 is 19.0 Å². The smallest absolute Gasteiger partial charge is 0.414 e. The van der Waals surface area contributed by atoms with Crippen molar-refractivity contribution in [1.29, 1.82) is 5.26 Å². The fourth-order valence-corrected chi connectivity index (χ4v) is 7.78. The summed E-state index contributed by atoms with van der Waals surface area (Å²) in [5, 5.41) is 15.7. The Bertz CT molecular complexity index is 1850. The molecule has 0 spiro atoms. The highest BCUT2D eigenvalue weighted by molar-refractivity contribution is 5.95. The highest BCUT2D eigenvalue weighted by Crippen LogP contribution is 2.39. The predicted molar refractivity (Wildman–Crippen MR) is 195 cm³/mol. The second kappa shape index (κ2) is 14.3. The quantitative estimate of drug-likeness (QED) is 0.289. The summed E-state index contributed by atoms with van der Waals surface area (Å²) in [6, 6.07) is 5.14. The predicted octanol–water partition coefficient (Wildman–Crippen LogP) is 5.99. The van der Waals surface area contributed by atoms with Crippen molar-refractivity contribution in [2.24, 2.45) is 0 Å². The van der Waals surface area contributed by atoms with Gasteiger partial charge in [0.05, 0.1) is 47.8 Å². The van der Waals surface area contributed by atoms with Crippen LogP contribution in [0.15, 0.2) is 24.2 Å². The van der Waals surface area contributed by atoms with E-state index in [9.17, 15) is 10.1 Å². The number of ether oxygens (including phenoxy) is 3. The lowest BCUT2D eigenvalue weighted by atomic mass is 9.99. The van der Waals surface area contributed by atoms with Crippen molar-refractivity contribution in [3.8, 4) is 12.1 Å². The molecule has 0 aliphatic carbocycles. The van der Waals surface area contributed by atoms with Crippen LogP contribution in [0.1, 0.15) is 87.9 Å². The number of allylic oxidation sites excluding steroid dienone is 1. The van der Waals surface area contributed by atoms with E-state index in [1.54, 1.807) is 4.90 Å². The van der Waals surface area contributed by atoms with Crippen molar-refractivity contribution in [1.82, 2.24) is 29.5 Å². The van der Waals surface area contributed by atoms with Crippen molar-refractivity contribution in [2.45, 2.75) is 104 Å². The van der Waals surface area contributed by atoms with Crippen LogP contribution in [-0.2, 0) is 22.4 Å². The number of hydrogen-bond acceptors (Lipinski definition) is 11. The monoisotopic (exact) mass is 697 g/mol. The Kier molecular flexibility index (Phi) is 9.82. The average molecular weight is 698 g/mol. The normalized spacial score (nSPS) is 21.4. The van der Waals surface area contributed by atoms with Gasteiger partial charge in [0.1, 0.15) is 18.0 Å². The molecule has 2 fully saturated rings. The van der Waals surface area contributed by atoms with E-state index >= 15 is 0 Å². The highest BCUT2D eigenvalue weighted by atomic mass is 16.6. The van der Waals surface area contributed by atoms with Gasteiger partial charge in [-0.1, -0.05) is 0 Å². The molecule has 2 aromatic heterocycles. The number of carbonyl (C=O) groups excluding carboxylic acids is 1. The lowest BCUT2D eigenvalue weighted by Crippen LogP contribution is -2.44. The molecule has 4 aliphatic heterocycles. The van der Waals surface area contributed by atoms with Crippen LogP contribution < -0.4 is 14.5 Å². The molecule has 7 rings (SSSR count). The second-order valence-electron chi connectivity index (χ2n) is 15.3. The third-order valence-corrected chi connectivity index (χ3v) is 10.6. The highest BCUT2D eigenvalue weighted by Gasteiger charge is 2.33. The minimum Gasteiger partial charge on any atom is -0.462 e. The van der Waals surface area contributed by atoms with Gasteiger partial charge in [0.15, 0.2) is 6.23 Å². The number of hydrogen-bond donors (Lipinski definition) is 0. The first-order valence-corrected chi connectivity index (χ1v) is 18.4. The molecule has 4 aliphatic rings. The Morgan fingerprint density at radius 3 is 2.67 bits per heavy atom. The number of benzene rings is 1. The zero-order valence-corrected chi connectivity index (χ0v) is 30.9. The van der Waals surface area contributed by atoms with E-state index < -0.39 is 11.7 Å². The molecular weight excluding hydrogens is 646 g/mol. The summed E-state index contributed by atoms with van der Waals surface area (Å²) < 4.78 is 20.3. The number of aromatic nitrogens is 4. The molecular formula is C38H51N9O4. The van der Waals surface area contributed by atoms with Crippen molar-refractivity contribution in [2.75, 3.05) is 56.2 Å². The molecule has 2 atom stereocenters. The Labute approximate surface area is 300 Å². The molecule has 2 saturated heterocycles. The maximum absolute atomic E-state index is 13.1. The molecule has 0 N–H and O–H groups in total. The fourth-order valence-electron chi connectivity index (χ4n) is 7.78. The summed E-state index contributed by atoms with van der Waals surface area (Å²) in [7, 11) is 2.14. The van der Waals surface area contributed by atoms with Gasteiger partial charge in [-0.3, -0.25) is 4.90 Å². The number of fused-ring (bicyclic) bond motifs is 2. The Morgan fingerprint density at radius 2 is 1.94 bits per heavy atom. The summed E-state index contributed by atoms with van der Waals surface area (Å²) in [4.78, 5) is 31.6. The van der Waals surface area contributed by atoms with Gasteiger partial charge in [0, 0.05) is 49.4 Å². The van der Waals surface area contributed by atoms with Gasteiger partial charge in [0.25, 0.3) is 0 Å². The zero-order valence-electron chi connectivity index (χ0n) is 30.9. The number of nitriles is 1. The maximum Gasteiger partial charge on any atom is 0.414 e. The van der Waals surface area contributed by atoms with Gasteiger partial charge < -0.3 is 28.9 Å². The Morgan fingerprint density at radius 1 is 1.10 bits per heavy atom. The first-order chi connectivity index (χ1) is 24.5. The van der Waals surface area contributed by atoms with Gasteiger partial charge in [-0.05, 0) is 104 Å². The molecule has 13 nitrogen and oxygen atoms in total. The number of aryl methyl sites for hydroxylation is 1. The third-order valence-electron chi connectivity index (χ3n) is 10.6. The number of likely N-dealkylation sites (N-methyl/N-ethyl adjacent to an activating group) is 1. The number of anilines is 2. The van der Waals surface area contributed by atoms with Crippen LogP contribution in [0.2, 0.25) is 0 Å². The number of amides is 1. The van der Waals surface area contributed by atoms with Crippen LogP contribution in [0.25, 0.3) is 10.9 Å². The van der Waals surface area contributed by atoms with Crippen LogP contribution >= 0.6 is 0 Å². The minimum absolute atomic E-state index is 0.0445. The first-order valence-electron chi connectivity index (χ1n) is 18.4. The molecule has 1 aromatic carbocycles. The van der Waals surface area contributed by atoms with Crippen LogP contribution in [-0.4, -0.2) is 93.7 Å². The van der Waals surface area contributed by atoms with Gasteiger partial charge in [-0.2, -0.15) is 20.3 Å². The van der Waals surface area contributed by atoms with Crippen LogP contribution in [0.3, 0.4) is 0 Å². The number of likely N-dealkylation sites (tertiary alicyclic amines) is 1.